The van der Waals surface area contributed by atoms with Crippen LogP contribution in [0.25, 0.3) is 0 Å². The van der Waals surface area contributed by atoms with Crippen molar-refractivity contribution in [3.63, 3.8) is 0 Å². The van der Waals surface area contributed by atoms with E-state index in [0.29, 0.717) is 5.92 Å². The molecule has 1 saturated carbocycles. The molecular weight excluding hydrogens is 204 g/mol. The van der Waals surface area contributed by atoms with Gasteiger partial charge in [0.15, 0.2) is 5.69 Å². The van der Waals surface area contributed by atoms with E-state index in [4.69, 9.17) is 5.11 Å². The number of carboxylic acid groups (broad SMARTS) is 1. The topological polar surface area (TPSA) is 66.0 Å². The summed E-state index contributed by atoms with van der Waals surface area (Å²) in [7, 11) is 0. The van der Waals surface area contributed by atoms with Crippen molar-refractivity contribution in [3.05, 3.63) is 17.7 Å². The zero-order chi connectivity index (χ0) is 11.4. The minimum absolute atomic E-state index is 0.198. The molecule has 1 aromatic rings. The Morgan fingerprint density at radius 2 is 2.06 bits per heavy atom. The van der Waals surface area contributed by atoms with E-state index in [1.54, 1.807) is 0 Å². The van der Waals surface area contributed by atoms with Gasteiger partial charge in [-0.15, -0.1) is 0 Å². The Kier molecular flexibility index (Phi) is 3.59. The molecule has 0 radical (unpaired) electrons. The van der Waals surface area contributed by atoms with Crippen molar-refractivity contribution in [3.8, 4) is 0 Å². The first-order valence-electron chi connectivity index (χ1n) is 6.03. The van der Waals surface area contributed by atoms with Crippen molar-refractivity contribution < 1.29 is 9.90 Å². The number of aromatic nitrogens is 2. The lowest BCUT2D eigenvalue weighted by molar-refractivity contribution is 0.0689. The highest BCUT2D eigenvalue weighted by Crippen LogP contribution is 2.26. The van der Waals surface area contributed by atoms with E-state index in [-0.39, 0.29) is 5.69 Å². The summed E-state index contributed by atoms with van der Waals surface area (Å²) in [4.78, 5) is 17.7. The van der Waals surface area contributed by atoms with E-state index in [2.05, 4.69) is 9.97 Å². The molecular formula is C12H18N2O2. The van der Waals surface area contributed by atoms with Crippen LogP contribution < -0.4 is 0 Å². The molecule has 0 aliphatic heterocycles. The van der Waals surface area contributed by atoms with Gasteiger partial charge < -0.3 is 10.1 Å². The van der Waals surface area contributed by atoms with E-state index >= 15 is 0 Å². The van der Waals surface area contributed by atoms with E-state index < -0.39 is 5.97 Å². The minimum atomic E-state index is -0.926. The van der Waals surface area contributed by atoms with Crippen molar-refractivity contribution in [2.75, 3.05) is 0 Å². The fourth-order valence-electron chi connectivity index (χ4n) is 2.52. The highest BCUT2D eigenvalue weighted by Gasteiger charge is 2.18. The minimum Gasteiger partial charge on any atom is -0.476 e. The van der Waals surface area contributed by atoms with E-state index in [1.807, 2.05) is 0 Å². The van der Waals surface area contributed by atoms with Crippen molar-refractivity contribution in [2.45, 2.75) is 44.9 Å². The smallest absolute Gasteiger partial charge is 0.356 e. The summed E-state index contributed by atoms with van der Waals surface area (Å²) in [5.41, 5.74) is 0.989. The van der Waals surface area contributed by atoms with Crippen LogP contribution in [0.5, 0.6) is 0 Å². The van der Waals surface area contributed by atoms with Gasteiger partial charge in [-0.05, 0) is 12.3 Å². The number of rotatable bonds is 3. The first-order chi connectivity index (χ1) is 7.77. The molecule has 0 bridgehead atoms. The quantitative estimate of drug-likeness (QED) is 0.772. The summed E-state index contributed by atoms with van der Waals surface area (Å²) in [6, 6.07) is 0. The van der Waals surface area contributed by atoms with Crippen LogP contribution in [0.15, 0.2) is 6.33 Å². The van der Waals surface area contributed by atoms with Gasteiger partial charge in [0.1, 0.15) is 0 Å². The maximum atomic E-state index is 10.9. The number of imidazole rings is 1. The van der Waals surface area contributed by atoms with Gasteiger partial charge in [-0.3, -0.25) is 0 Å². The average Bonchev–Trinajstić information content (AvgIpc) is 2.55. The Hall–Kier alpha value is -1.32. The Morgan fingerprint density at radius 1 is 1.38 bits per heavy atom. The van der Waals surface area contributed by atoms with Crippen LogP contribution >= 0.6 is 0 Å². The highest BCUT2D eigenvalue weighted by molar-refractivity contribution is 5.86. The molecule has 16 heavy (non-hydrogen) atoms. The molecule has 4 heteroatoms. The van der Waals surface area contributed by atoms with Gasteiger partial charge >= 0.3 is 5.97 Å². The second kappa shape index (κ2) is 5.14. The number of carboxylic acids is 1. The number of nitrogens with one attached hydrogen (secondary N) is 1. The second-order valence-electron chi connectivity index (χ2n) is 4.60. The molecule has 0 spiro atoms. The Bertz CT molecular complexity index is 352. The number of hydrogen-bond donors (Lipinski definition) is 2. The van der Waals surface area contributed by atoms with Gasteiger partial charge in [-0.2, -0.15) is 0 Å². The molecule has 4 nitrogen and oxygen atoms in total. The van der Waals surface area contributed by atoms with Crippen LogP contribution in [-0.4, -0.2) is 21.0 Å². The molecule has 1 aliphatic rings. The molecule has 88 valence electrons. The normalized spacial score (nSPS) is 18.2. The van der Waals surface area contributed by atoms with Crippen LogP contribution in [0, 0.1) is 5.92 Å². The Labute approximate surface area is 95.1 Å². The maximum Gasteiger partial charge on any atom is 0.356 e. The molecule has 0 unspecified atom stereocenters. The fraction of sp³-hybridized carbons (Fsp3) is 0.667. The largest absolute Gasteiger partial charge is 0.476 e. The lowest BCUT2D eigenvalue weighted by atomic mass is 9.94. The molecule has 1 aromatic heterocycles. The van der Waals surface area contributed by atoms with E-state index in [0.717, 1.165) is 12.1 Å². The molecule has 1 fully saturated rings. The first-order valence-corrected chi connectivity index (χ1v) is 6.03. The first kappa shape index (κ1) is 11.2. The SMILES string of the molecule is O=C(O)c1nc[nH]c1CC1CCCCCC1. The third kappa shape index (κ3) is 2.62. The second-order valence-corrected chi connectivity index (χ2v) is 4.60. The molecule has 2 N–H and O–H groups in total. The van der Waals surface area contributed by atoms with Crippen molar-refractivity contribution in [1.29, 1.82) is 0 Å². The Balaban J connectivity index is 2.01. The molecule has 0 aromatic carbocycles. The summed E-state index contributed by atoms with van der Waals surface area (Å²) in [5, 5.41) is 8.96. The predicted molar refractivity (Wildman–Crippen MR) is 60.4 cm³/mol. The summed E-state index contributed by atoms with van der Waals surface area (Å²) in [6.45, 7) is 0. The van der Waals surface area contributed by atoms with Gasteiger partial charge in [0, 0.05) is 5.69 Å². The predicted octanol–water partition coefficient (Wildman–Crippen LogP) is 2.62. The van der Waals surface area contributed by atoms with Crippen molar-refractivity contribution >= 4 is 5.97 Å². The van der Waals surface area contributed by atoms with Gasteiger partial charge in [0.2, 0.25) is 0 Å². The van der Waals surface area contributed by atoms with Crippen LogP contribution in [0.1, 0.15) is 54.7 Å². The molecule has 0 amide bonds. The summed E-state index contributed by atoms with van der Waals surface area (Å²) < 4.78 is 0. The van der Waals surface area contributed by atoms with Crippen LogP contribution in [-0.2, 0) is 6.42 Å². The number of hydrogen-bond acceptors (Lipinski definition) is 2. The number of nitrogens with zero attached hydrogens (tertiary/aromatic N) is 1. The van der Waals surface area contributed by atoms with Crippen molar-refractivity contribution in [2.24, 2.45) is 5.92 Å². The summed E-state index contributed by atoms with van der Waals surface area (Å²) in [5.74, 6) is -0.300. The monoisotopic (exact) mass is 222 g/mol. The van der Waals surface area contributed by atoms with Gasteiger partial charge in [0.25, 0.3) is 0 Å². The molecule has 1 aliphatic carbocycles. The third-order valence-electron chi connectivity index (χ3n) is 3.39. The van der Waals surface area contributed by atoms with Crippen LogP contribution in [0.4, 0.5) is 0 Å². The standard InChI is InChI=1S/C12H18N2O2/c15-12(16)11-10(13-8-14-11)7-9-5-3-1-2-4-6-9/h8-9H,1-7H2,(H,13,14)(H,15,16). The zero-order valence-electron chi connectivity index (χ0n) is 9.41. The maximum absolute atomic E-state index is 10.9. The van der Waals surface area contributed by atoms with Crippen LogP contribution in [0.2, 0.25) is 0 Å². The number of H-pyrrole nitrogens is 1. The summed E-state index contributed by atoms with van der Waals surface area (Å²) in [6.07, 6.45) is 9.96. The van der Waals surface area contributed by atoms with E-state index in [9.17, 15) is 4.79 Å². The van der Waals surface area contributed by atoms with Gasteiger partial charge in [-0.25, -0.2) is 9.78 Å². The average molecular weight is 222 g/mol. The van der Waals surface area contributed by atoms with Gasteiger partial charge in [-0.1, -0.05) is 38.5 Å². The van der Waals surface area contributed by atoms with Crippen LogP contribution in [0.3, 0.4) is 0 Å². The lowest BCUT2D eigenvalue weighted by Gasteiger charge is -2.12. The lowest BCUT2D eigenvalue weighted by Crippen LogP contribution is -2.08. The molecule has 0 atom stereocenters. The van der Waals surface area contributed by atoms with E-state index in [1.165, 1.54) is 44.9 Å². The highest BCUT2D eigenvalue weighted by atomic mass is 16.4. The molecule has 2 rings (SSSR count). The summed E-state index contributed by atoms with van der Waals surface area (Å²) >= 11 is 0. The Morgan fingerprint density at radius 3 is 2.69 bits per heavy atom. The fourth-order valence-corrected chi connectivity index (χ4v) is 2.52. The van der Waals surface area contributed by atoms with Gasteiger partial charge in [0.05, 0.1) is 6.33 Å². The number of aromatic carboxylic acids is 1. The zero-order valence-corrected chi connectivity index (χ0v) is 9.41. The molecule has 0 saturated heterocycles. The van der Waals surface area contributed by atoms with Crippen molar-refractivity contribution in [1.82, 2.24) is 9.97 Å². The number of aromatic amines is 1. The third-order valence-corrected chi connectivity index (χ3v) is 3.39. The molecule has 1 heterocycles. The number of carbonyl (C=O) groups is 1.